The number of hydrogen-bond donors (Lipinski definition) is 1. The lowest BCUT2D eigenvalue weighted by Gasteiger charge is -2.31. The summed E-state index contributed by atoms with van der Waals surface area (Å²) in [5, 5.41) is 3.02. The van der Waals surface area contributed by atoms with Crippen LogP contribution >= 0.6 is 0 Å². The molecule has 0 saturated carbocycles. The number of nitrogens with one attached hydrogen (secondary N) is 1. The van der Waals surface area contributed by atoms with Crippen molar-refractivity contribution in [3.05, 3.63) is 34.9 Å². The minimum Gasteiger partial charge on any atom is -0.380 e. The second-order valence-corrected chi connectivity index (χ2v) is 5.86. The molecule has 1 unspecified atom stereocenters. The van der Waals surface area contributed by atoms with Gasteiger partial charge in [0.15, 0.2) is 0 Å². The third-order valence-corrected chi connectivity index (χ3v) is 4.17. The van der Waals surface area contributed by atoms with Crippen molar-refractivity contribution in [2.75, 3.05) is 26.7 Å². The largest absolute Gasteiger partial charge is 0.380 e. The molecule has 1 aromatic carbocycles. The zero-order chi connectivity index (χ0) is 15.2. The maximum atomic E-state index is 12.1. The quantitative estimate of drug-likeness (QED) is 0.926. The predicted molar refractivity (Wildman–Crippen MR) is 84.6 cm³/mol. The van der Waals surface area contributed by atoms with Crippen LogP contribution in [0.25, 0.3) is 0 Å². The average molecular weight is 290 g/mol. The summed E-state index contributed by atoms with van der Waals surface area (Å²) in [5.41, 5.74) is 3.87. The molecule has 4 nitrogen and oxygen atoms in total. The molecule has 4 heteroatoms. The van der Waals surface area contributed by atoms with E-state index in [1.807, 2.05) is 4.90 Å². The number of likely N-dealkylation sites (tertiary alicyclic amines) is 1. The summed E-state index contributed by atoms with van der Waals surface area (Å²) in [4.78, 5) is 14.0. The zero-order valence-corrected chi connectivity index (χ0v) is 13.3. The molecular weight excluding hydrogens is 264 g/mol. The van der Waals surface area contributed by atoms with E-state index in [4.69, 9.17) is 4.74 Å². The van der Waals surface area contributed by atoms with Crippen molar-refractivity contribution < 1.29 is 9.53 Å². The molecular formula is C17H26N2O2. The van der Waals surface area contributed by atoms with Crippen LogP contribution in [0.3, 0.4) is 0 Å². The van der Waals surface area contributed by atoms with E-state index in [-0.39, 0.29) is 12.1 Å². The highest BCUT2D eigenvalue weighted by atomic mass is 16.5. The second kappa shape index (κ2) is 7.46. The second-order valence-electron chi connectivity index (χ2n) is 5.86. The summed E-state index contributed by atoms with van der Waals surface area (Å²) in [6.45, 7) is 6.43. The minimum absolute atomic E-state index is 0.0292. The molecule has 0 bridgehead atoms. The Morgan fingerprint density at radius 2 is 2.24 bits per heavy atom. The molecule has 1 heterocycles. The summed E-state index contributed by atoms with van der Waals surface area (Å²) in [7, 11) is 1.71. The number of methoxy groups -OCH3 is 1. The number of amides is 2. The lowest BCUT2D eigenvalue weighted by atomic mass is 10.0. The molecule has 1 aliphatic rings. The van der Waals surface area contributed by atoms with Crippen molar-refractivity contribution in [3.8, 4) is 0 Å². The van der Waals surface area contributed by atoms with Gasteiger partial charge in [-0.15, -0.1) is 0 Å². The van der Waals surface area contributed by atoms with Crippen molar-refractivity contribution in [2.45, 2.75) is 39.2 Å². The molecule has 0 aliphatic carbocycles. The van der Waals surface area contributed by atoms with Gasteiger partial charge in [0.1, 0.15) is 0 Å². The SMILES string of the molecule is COC1CCCN(C(=O)NCCc2ccc(C)cc2C)C1. The van der Waals surface area contributed by atoms with Gasteiger partial charge in [-0.1, -0.05) is 23.8 Å². The van der Waals surface area contributed by atoms with Gasteiger partial charge in [-0.25, -0.2) is 4.79 Å². The Balaban J connectivity index is 1.78. The molecule has 0 aromatic heterocycles. The lowest BCUT2D eigenvalue weighted by Crippen LogP contribution is -2.47. The highest BCUT2D eigenvalue weighted by molar-refractivity contribution is 5.74. The molecule has 1 saturated heterocycles. The fourth-order valence-electron chi connectivity index (χ4n) is 2.86. The molecule has 2 rings (SSSR count). The number of urea groups is 1. The van der Waals surface area contributed by atoms with E-state index in [9.17, 15) is 4.79 Å². The van der Waals surface area contributed by atoms with Crippen LogP contribution in [0, 0.1) is 13.8 Å². The van der Waals surface area contributed by atoms with Gasteiger partial charge in [0.2, 0.25) is 0 Å². The maximum absolute atomic E-state index is 12.1. The van der Waals surface area contributed by atoms with Crippen molar-refractivity contribution in [1.29, 1.82) is 0 Å². The number of nitrogens with zero attached hydrogens (tertiary/aromatic N) is 1. The Kier molecular flexibility index (Phi) is 5.62. The molecule has 0 radical (unpaired) electrons. The van der Waals surface area contributed by atoms with Crippen molar-refractivity contribution in [2.24, 2.45) is 0 Å². The fraction of sp³-hybridized carbons (Fsp3) is 0.588. The number of rotatable bonds is 4. The Labute approximate surface area is 127 Å². The Morgan fingerprint density at radius 3 is 2.95 bits per heavy atom. The van der Waals surface area contributed by atoms with Crippen LogP contribution in [0.2, 0.25) is 0 Å². The van der Waals surface area contributed by atoms with Gasteiger partial charge in [0, 0.05) is 26.7 Å². The van der Waals surface area contributed by atoms with Gasteiger partial charge in [0.05, 0.1) is 6.10 Å². The highest BCUT2D eigenvalue weighted by Gasteiger charge is 2.22. The Bertz CT molecular complexity index is 488. The topological polar surface area (TPSA) is 41.6 Å². The molecule has 1 atom stereocenters. The van der Waals surface area contributed by atoms with E-state index in [0.717, 1.165) is 25.8 Å². The van der Waals surface area contributed by atoms with E-state index >= 15 is 0 Å². The van der Waals surface area contributed by atoms with Crippen LogP contribution in [-0.2, 0) is 11.2 Å². The minimum atomic E-state index is 0.0292. The molecule has 1 aliphatic heterocycles. The normalized spacial score (nSPS) is 18.6. The van der Waals surface area contributed by atoms with Gasteiger partial charge in [-0.3, -0.25) is 0 Å². The van der Waals surface area contributed by atoms with Crippen molar-refractivity contribution in [1.82, 2.24) is 10.2 Å². The third-order valence-electron chi connectivity index (χ3n) is 4.17. The summed E-state index contributed by atoms with van der Waals surface area (Å²) < 4.78 is 5.35. The Morgan fingerprint density at radius 1 is 1.43 bits per heavy atom. The Hall–Kier alpha value is -1.55. The fourth-order valence-corrected chi connectivity index (χ4v) is 2.86. The van der Waals surface area contributed by atoms with Crippen LogP contribution < -0.4 is 5.32 Å². The number of ether oxygens (including phenoxy) is 1. The van der Waals surface area contributed by atoms with E-state index in [1.54, 1.807) is 7.11 Å². The number of aryl methyl sites for hydroxylation is 2. The number of hydrogen-bond acceptors (Lipinski definition) is 2. The van der Waals surface area contributed by atoms with Gasteiger partial charge >= 0.3 is 6.03 Å². The molecule has 116 valence electrons. The first kappa shape index (κ1) is 15.8. The van der Waals surface area contributed by atoms with E-state index < -0.39 is 0 Å². The summed E-state index contributed by atoms with van der Waals surface area (Å²) in [5.74, 6) is 0. The first-order valence-corrected chi connectivity index (χ1v) is 7.72. The maximum Gasteiger partial charge on any atom is 0.317 e. The monoisotopic (exact) mass is 290 g/mol. The van der Waals surface area contributed by atoms with E-state index in [0.29, 0.717) is 13.1 Å². The van der Waals surface area contributed by atoms with Crippen LogP contribution in [0.1, 0.15) is 29.5 Å². The molecule has 2 amide bonds. The highest BCUT2D eigenvalue weighted by Crippen LogP contribution is 2.13. The molecule has 0 spiro atoms. The van der Waals surface area contributed by atoms with Gasteiger partial charge in [0.25, 0.3) is 0 Å². The molecule has 1 N–H and O–H groups in total. The van der Waals surface area contributed by atoms with Crippen LogP contribution in [0.5, 0.6) is 0 Å². The first-order chi connectivity index (χ1) is 10.1. The van der Waals surface area contributed by atoms with Gasteiger partial charge in [-0.2, -0.15) is 0 Å². The van der Waals surface area contributed by atoms with Gasteiger partial charge < -0.3 is 15.0 Å². The number of carbonyl (C=O) groups is 1. The van der Waals surface area contributed by atoms with E-state index in [1.165, 1.54) is 16.7 Å². The number of piperidine rings is 1. The van der Waals surface area contributed by atoms with Crippen molar-refractivity contribution >= 4 is 6.03 Å². The predicted octanol–water partition coefficient (Wildman–Crippen LogP) is 2.67. The molecule has 1 aromatic rings. The third kappa shape index (κ3) is 4.46. The summed E-state index contributed by atoms with van der Waals surface area (Å²) in [6, 6.07) is 6.49. The van der Waals surface area contributed by atoms with E-state index in [2.05, 4.69) is 37.4 Å². The molecule has 1 fully saturated rings. The summed E-state index contributed by atoms with van der Waals surface area (Å²) in [6.07, 6.45) is 3.12. The van der Waals surface area contributed by atoms with Crippen LogP contribution in [0.15, 0.2) is 18.2 Å². The number of benzene rings is 1. The lowest BCUT2D eigenvalue weighted by molar-refractivity contribution is 0.0435. The van der Waals surface area contributed by atoms with Crippen molar-refractivity contribution in [3.63, 3.8) is 0 Å². The smallest absolute Gasteiger partial charge is 0.317 e. The first-order valence-electron chi connectivity index (χ1n) is 7.72. The number of carbonyl (C=O) groups excluding carboxylic acids is 1. The van der Waals surface area contributed by atoms with Crippen LogP contribution in [0.4, 0.5) is 4.79 Å². The summed E-state index contributed by atoms with van der Waals surface area (Å²) >= 11 is 0. The standard InChI is InChI=1S/C17H26N2O2/c1-13-6-7-15(14(2)11-13)8-9-18-17(20)19-10-4-5-16(12-19)21-3/h6-7,11,16H,4-5,8-10,12H2,1-3H3,(H,18,20). The van der Waals surface area contributed by atoms with Crippen LogP contribution in [-0.4, -0.2) is 43.8 Å². The average Bonchev–Trinajstić information content (AvgIpc) is 2.49. The van der Waals surface area contributed by atoms with Gasteiger partial charge in [-0.05, 0) is 44.2 Å². The molecule has 21 heavy (non-hydrogen) atoms. The zero-order valence-electron chi connectivity index (χ0n) is 13.3.